The Morgan fingerprint density at radius 2 is 2.40 bits per heavy atom. The molecule has 2 rings (SSSR count). The van der Waals surface area contributed by atoms with E-state index in [9.17, 15) is 13.6 Å². The maximum atomic E-state index is 13.2. The minimum atomic E-state index is -2.62. The summed E-state index contributed by atoms with van der Waals surface area (Å²) in [6, 6.07) is 1.20. The number of hydrogen-bond donors (Lipinski definition) is 0. The average Bonchev–Trinajstić information content (AvgIpc) is 2.63. The van der Waals surface area contributed by atoms with Gasteiger partial charge in [-0.15, -0.1) is 0 Å². The van der Waals surface area contributed by atoms with Crippen molar-refractivity contribution in [2.75, 3.05) is 0 Å². The van der Waals surface area contributed by atoms with Crippen LogP contribution in [0, 0.1) is 0 Å². The number of carbonyl (C=O) groups is 1. The van der Waals surface area contributed by atoms with Crippen molar-refractivity contribution >= 4 is 6.29 Å². The van der Waals surface area contributed by atoms with Crippen molar-refractivity contribution in [3.8, 4) is 0 Å². The van der Waals surface area contributed by atoms with Crippen LogP contribution >= 0.6 is 0 Å². The van der Waals surface area contributed by atoms with Gasteiger partial charge in [0.05, 0.1) is 6.04 Å². The molecule has 0 aromatic carbocycles. The van der Waals surface area contributed by atoms with Crippen LogP contribution in [0.5, 0.6) is 0 Å². The molecular weight excluding hydrogens is 202 g/mol. The number of aldehydes is 1. The molecule has 1 aliphatic rings. The van der Waals surface area contributed by atoms with Gasteiger partial charge in [-0.3, -0.25) is 9.48 Å². The van der Waals surface area contributed by atoms with E-state index in [0.29, 0.717) is 24.8 Å². The van der Waals surface area contributed by atoms with Crippen molar-refractivity contribution < 1.29 is 13.6 Å². The Kier molecular flexibility index (Phi) is 2.54. The third-order valence-corrected chi connectivity index (χ3v) is 2.78. The first-order valence-electron chi connectivity index (χ1n) is 4.99. The first-order valence-corrected chi connectivity index (χ1v) is 4.99. The Balaban J connectivity index is 2.20. The van der Waals surface area contributed by atoms with E-state index in [1.165, 1.54) is 10.9 Å². The minimum Gasteiger partial charge on any atom is -0.296 e. The Hall–Kier alpha value is -1.26. The maximum Gasteiger partial charge on any atom is 0.250 e. The molecule has 0 aliphatic heterocycles. The second-order valence-electron chi connectivity index (χ2n) is 3.92. The first kappa shape index (κ1) is 10.3. The molecule has 1 aromatic heterocycles. The van der Waals surface area contributed by atoms with E-state index in [0.717, 1.165) is 0 Å². The third-order valence-electron chi connectivity index (χ3n) is 2.78. The lowest BCUT2D eigenvalue weighted by Crippen LogP contribution is -2.29. The van der Waals surface area contributed by atoms with E-state index in [4.69, 9.17) is 0 Å². The van der Waals surface area contributed by atoms with Gasteiger partial charge >= 0.3 is 0 Å². The molecular formula is C10H12F2N2O. The monoisotopic (exact) mass is 214 g/mol. The SMILES string of the molecule is O=Cc1ccnn1C1CCCC(F)(F)C1. The summed E-state index contributed by atoms with van der Waals surface area (Å²) < 4.78 is 27.7. The van der Waals surface area contributed by atoms with Crippen LogP contribution in [0.2, 0.25) is 0 Å². The number of halogens is 2. The lowest BCUT2D eigenvalue weighted by atomic mass is 9.92. The molecule has 1 heterocycles. The average molecular weight is 214 g/mol. The molecule has 5 heteroatoms. The summed E-state index contributed by atoms with van der Waals surface area (Å²) in [7, 11) is 0. The highest BCUT2D eigenvalue weighted by atomic mass is 19.3. The van der Waals surface area contributed by atoms with Crippen LogP contribution in [0.3, 0.4) is 0 Å². The van der Waals surface area contributed by atoms with Crippen molar-refractivity contribution in [3.05, 3.63) is 18.0 Å². The standard InChI is InChI=1S/C10H12F2N2O/c11-10(12)4-1-2-8(6-10)14-9(7-15)3-5-13-14/h3,5,7-8H,1-2,4,6H2. The van der Waals surface area contributed by atoms with Crippen molar-refractivity contribution in [1.82, 2.24) is 9.78 Å². The fraction of sp³-hybridized carbons (Fsp3) is 0.600. The van der Waals surface area contributed by atoms with Crippen LogP contribution in [0.1, 0.15) is 42.2 Å². The van der Waals surface area contributed by atoms with Crippen LogP contribution in [0.15, 0.2) is 12.3 Å². The molecule has 1 aromatic rings. The Bertz CT molecular complexity index is 362. The molecule has 1 fully saturated rings. The van der Waals surface area contributed by atoms with E-state index >= 15 is 0 Å². The number of alkyl halides is 2. The van der Waals surface area contributed by atoms with Gasteiger partial charge in [0, 0.05) is 19.0 Å². The summed E-state index contributed by atoms with van der Waals surface area (Å²) in [6.45, 7) is 0. The van der Waals surface area contributed by atoms with Gasteiger partial charge in [0.15, 0.2) is 6.29 Å². The predicted molar refractivity (Wildman–Crippen MR) is 50.1 cm³/mol. The number of nitrogens with zero attached hydrogens (tertiary/aromatic N) is 2. The number of hydrogen-bond acceptors (Lipinski definition) is 2. The molecule has 15 heavy (non-hydrogen) atoms. The van der Waals surface area contributed by atoms with Crippen molar-refractivity contribution in [3.63, 3.8) is 0 Å². The van der Waals surface area contributed by atoms with Gasteiger partial charge in [0.1, 0.15) is 5.69 Å². The minimum absolute atomic E-state index is 0.0544. The molecule has 3 nitrogen and oxygen atoms in total. The smallest absolute Gasteiger partial charge is 0.250 e. The summed E-state index contributed by atoms with van der Waals surface area (Å²) in [4.78, 5) is 10.6. The van der Waals surface area contributed by atoms with Gasteiger partial charge in [-0.1, -0.05) is 0 Å². The Labute approximate surface area is 86.1 Å². The molecule has 1 aliphatic carbocycles. The fourth-order valence-electron chi connectivity index (χ4n) is 2.08. The summed E-state index contributed by atoms with van der Waals surface area (Å²) in [5, 5.41) is 3.93. The topological polar surface area (TPSA) is 34.9 Å². The van der Waals surface area contributed by atoms with Crippen LogP contribution in [-0.2, 0) is 0 Å². The van der Waals surface area contributed by atoms with E-state index < -0.39 is 5.92 Å². The summed E-state index contributed by atoms with van der Waals surface area (Å²) >= 11 is 0. The van der Waals surface area contributed by atoms with E-state index in [1.54, 1.807) is 6.07 Å². The van der Waals surface area contributed by atoms with Crippen LogP contribution in [-0.4, -0.2) is 22.0 Å². The van der Waals surface area contributed by atoms with E-state index in [2.05, 4.69) is 5.10 Å². The zero-order valence-electron chi connectivity index (χ0n) is 8.20. The Morgan fingerprint density at radius 1 is 1.60 bits per heavy atom. The summed E-state index contributed by atoms with van der Waals surface area (Å²) in [5.74, 6) is -2.62. The molecule has 82 valence electrons. The van der Waals surface area contributed by atoms with Gasteiger partial charge in [0.2, 0.25) is 5.92 Å². The molecule has 1 atom stereocenters. The molecule has 0 N–H and O–H groups in total. The quantitative estimate of drug-likeness (QED) is 0.709. The second kappa shape index (κ2) is 3.72. The zero-order valence-corrected chi connectivity index (χ0v) is 8.20. The highest BCUT2D eigenvalue weighted by molar-refractivity contribution is 5.71. The molecule has 1 saturated carbocycles. The molecule has 0 bridgehead atoms. The van der Waals surface area contributed by atoms with Gasteiger partial charge in [-0.05, 0) is 18.9 Å². The van der Waals surface area contributed by atoms with Crippen LogP contribution in [0.25, 0.3) is 0 Å². The fourth-order valence-corrected chi connectivity index (χ4v) is 2.08. The maximum absolute atomic E-state index is 13.2. The molecule has 0 radical (unpaired) electrons. The molecule has 0 spiro atoms. The van der Waals surface area contributed by atoms with Gasteiger partial charge in [-0.2, -0.15) is 5.10 Å². The van der Waals surface area contributed by atoms with Gasteiger partial charge in [0.25, 0.3) is 0 Å². The zero-order chi connectivity index (χ0) is 10.9. The third kappa shape index (κ3) is 2.06. The van der Waals surface area contributed by atoms with E-state index in [-0.39, 0.29) is 18.9 Å². The van der Waals surface area contributed by atoms with Crippen LogP contribution in [0.4, 0.5) is 8.78 Å². The largest absolute Gasteiger partial charge is 0.296 e. The molecule has 0 amide bonds. The first-order chi connectivity index (χ1) is 7.12. The van der Waals surface area contributed by atoms with Crippen LogP contribution < -0.4 is 0 Å². The lowest BCUT2D eigenvalue weighted by molar-refractivity contribution is -0.0513. The van der Waals surface area contributed by atoms with Crippen molar-refractivity contribution in [1.29, 1.82) is 0 Å². The number of carbonyl (C=O) groups excluding carboxylic acids is 1. The molecule has 1 unspecified atom stereocenters. The number of aromatic nitrogens is 2. The number of rotatable bonds is 2. The normalized spacial score (nSPS) is 25.1. The van der Waals surface area contributed by atoms with Crippen molar-refractivity contribution in [2.24, 2.45) is 0 Å². The highest BCUT2D eigenvalue weighted by Crippen LogP contribution is 2.39. The summed E-state index contributed by atoms with van der Waals surface area (Å²) in [6.07, 6.45) is 3.00. The summed E-state index contributed by atoms with van der Waals surface area (Å²) in [5.41, 5.74) is 0.373. The molecule has 0 saturated heterocycles. The van der Waals surface area contributed by atoms with Gasteiger partial charge in [-0.25, -0.2) is 8.78 Å². The van der Waals surface area contributed by atoms with E-state index in [1.807, 2.05) is 0 Å². The van der Waals surface area contributed by atoms with Crippen molar-refractivity contribution in [2.45, 2.75) is 37.6 Å². The second-order valence-corrected chi connectivity index (χ2v) is 3.92. The predicted octanol–water partition coefficient (Wildman–Crippen LogP) is 2.45. The highest BCUT2D eigenvalue weighted by Gasteiger charge is 2.37. The Morgan fingerprint density at radius 3 is 3.07 bits per heavy atom. The lowest BCUT2D eigenvalue weighted by Gasteiger charge is -2.29. The van der Waals surface area contributed by atoms with Gasteiger partial charge < -0.3 is 0 Å².